The predicted molar refractivity (Wildman–Crippen MR) is 113 cm³/mol. The molecule has 5 nitrogen and oxygen atoms in total. The lowest BCUT2D eigenvalue weighted by atomic mass is 9.89. The average molecular weight is 382 g/mol. The number of unbranched alkanes of at least 4 members (excludes halogenated alkanes) is 7. The Morgan fingerprint density at radius 3 is 1.89 bits per heavy atom. The summed E-state index contributed by atoms with van der Waals surface area (Å²) in [6, 6.07) is -0.201. The van der Waals surface area contributed by atoms with Gasteiger partial charge in [0.05, 0.1) is 6.67 Å². The number of hydrogen-bond donors (Lipinski definition) is 1. The molecule has 1 aliphatic rings. The molecule has 3 amide bonds. The highest BCUT2D eigenvalue weighted by Gasteiger charge is 2.49. The van der Waals surface area contributed by atoms with Crippen molar-refractivity contribution >= 4 is 11.9 Å². The third kappa shape index (κ3) is 7.44. The van der Waals surface area contributed by atoms with Crippen LogP contribution in [-0.2, 0) is 4.79 Å². The fourth-order valence-electron chi connectivity index (χ4n) is 3.87. The summed E-state index contributed by atoms with van der Waals surface area (Å²) in [6.45, 7) is 11.0. The molecule has 1 N–H and O–H groups in total. The van der Waals surface area contributed by atoms with Crippen LogP contribution >= 0.6 is 0 Å². The summed E-state index contributed by atoms with van der Waals surface area (Å²) in [5.74, 6) is -0.0116. The van der Waals surface area contributed by atoms with Crippen LogP contribution in [0.15, 0.2) is 0 Å². The third-order valence-electron chi connectivity index (χ3n) is 5.80. The third-order valence-corrected chi connectivity index (χ3v) is 5.80. The first-order valence-electron chi connectivity index (χ1n) is 11.4. The number of urea groups is 1. The number of rotatable bonds is 16. The van der Waals surface area contributed by atoms with Crippen LogP contribution in [0.1, 0.15) is 105 Å². The number of imide groups is 1. The SMILES string of the molecule is CCCCCCC1(CC)NC(=O)N(CN(CCCCC)CCCCC)C1=O. The second-order valence-corrected chi connectivity index (χ2v) is 8.08. The van der Waals surface area contributed by atoms with Crippen molar-refractivity contribution in [3.05, 3.63) is 0 Å². The van der Waals surface area contributed by atoms with Crippen molar-refractivity contribution in [3.8, 4) is 0 Å². The molecule has 1 aliphatic heterocycles. The van der Waals surface area contributed by atoms with Gasteiger partial charge in [-0.25, -0.2) is 9.69 Å². The molecule has 1 saturated heterocycles. The molecule has 1 atom stereocenters. The summed E-state index contributed by atoms with van der Waals surface area (Å²) in [4.78, 5) is 29.5. The maximum absolute atomic E-state index is 13.1. The highest BCUT2D eigenvalue weighted by Crippen LogP contribution is 2.28. The van der Waals surface area contributed by atoms with Gasteiger partial charge in [0, 0.05) is 0 Å². The standard InChI is InChI=1S/C22H43N3O2/c1-5-9-12-13-16-22(8-4)20(26)25(21(27)23-22)19-24(17-14-10-6-2)18-15-11-7-3/h5-19H2,1-4H3,(H,23,27). The zero-order chi connectivity index (χ0) is 20.1. The predicted octanol–water partition coefficient (Wildman–Crippen LogP) is 5.30. The number of nitrogens with zero attached hydrogens (tertiary/aromatic N) is 2. The first-order chi connectivity index (χ1) is 13.0. The van der Waals surface area contributed by atoms with Crippen molar-refractivity contribution in [3.63, 3.8) is 0 Å². The van der Waals surface area contributed by atoms with Crippen LogP contribution in [-0.4, -0.2) is 47.0 Å². The van der Waals surface area contributed by atoms with Crippen LogP contribution in [0.5, 0.6) is 0 Å². The van der Waals surface area contributed by atoms with E-state index in [1.54, 1.807) is 0 Å². The smallest absolute Gasteiger partial charge is 0.323 e. The number of carbonyl (C=O) groups is 2. The molecule has 0 saturated carbocycles. The van der Waals surface area contributed by atoms with Crippen molar-refractivity contribution in [1.82, 2.24) is 15.1 Å². The topological polar surface area (TPSA) is 52.7 Å². The van der Waals surface area contributed by atoms with E-state index in [0.717, 1.165) is 45.2 Å². The molecule has 0 aromatic rings. The van der Waals surface area contributed by atoms with Gasteiger partial charge in [0.25, 0.3) is 5.91 Å². The summed E-state index contributed by atoms with van der Waals surface area (Å²) < 4.78 is 0. The Morgan fingerprint density at radius 1 is 0.815 bits per heavy atom. The molecular formula is C22H43N3O2. The monoisotopic (exact) mass is 381 g/mol. The van der Waals surface area contributed by atoms with Gasteiger partial charge in [0.15, 0.2) is 0 Å². The van der Waals surface area contributed by atoms with Crippen LogP contribution in [0.25, 0.3) is 0 Å². The van der Waals surface area contributed by atoms with Crippen molar-refractivity contribution in [2.75, 3.05) is 19.8 Å². The number of hydrogen-bond acceptors (Lipinski definition) is 3. The molecule has 158 valence electrons. The summed E-state index contributed by atoms with van der Waals surface area (Å²) in [5, 5.41) is 3.04. The van der Waals surface area contributed by atoms with Crippen molar-refractivity contribution in [1.29, 1.82) is 0 Å². The maximum Gasteiger partial charge on any atom is 0.326 e. The van der Waals surface area contributed by atoms with Crippen LogP contribution in [0.3, 0.4) is 0 Å². The molecule has 0 aliphatic carbocycles. The number of carbonyl (C=O) groups excluding carboxylic acids is 2. The van der Waals surface area contributed by atoms with E-state index in [1.807, 2.05) is 6.92 Å². The summed E-state index contributed by atoms with van der Waals surface area (Å²) in [6.07, 6.45) is 12.9. The van der Waals surface area contributed by atoms with Gasteiger partial charge in [-0.05, 0) is 38.8 Å². The van der Waals surface area contributed by atoms with E-state index in [0.29, 0.717) is 13.1 Å². The average Bonchev–Trinajstić information content (AvgIpc) is 2.90. The van der Waals surface area contributed by atoms with Crippen molar-refractivity contribution in [2.45, 2.75) is 110 Å². The van der Waals surface area contributed by atoms with Gasteiger partial charge in [0.2, 0.25) is 0 Å². The van der Waals surface area contributed by atoms with Gasteiger partial charge < -0.3 is 5.32 Å². The molecule has 0 aromatic heterocycles. The first kappa shape index (κ1) is 23.9. The van der Waals surface area contributed by atoms with Crippen LogP contribution in [0, 0.1) is 0 Å². The van der Waals surface area contributed by atoms with Gasteiger partial charge in [-0.3, -0.25) is 9.69 Å². The summed E-state index contributed by atoms with van der Waals surface area (Å²) in [7, 11) is 0. The van der Waals surface area contributed by atoms with Gasteiger partial charge in [-0.1, -0.05) is 79.1 Å². The molecule has 27 heavy (non-hydrogen) atoms. The fourth-order valence-corrected chi connectivity index (χ4v) is 3.87. The minimum absolute atomic E-state index is 0.0116. The Labute approximate surface area is 167 Å². The van der Waals surface area contributed by atoms with E-state index in [-0.39, 0.29) is 11.9 Å². The Hall–Kier alpha value is -1.10. The molecule has 5 heteroatoms. The molecule has 0 bridgehead atoms. The van der Waals surface area contributed by atoms with Gasteiger partial charge in [-0.15, -0.1) is 0 Å². The Balaban J connectivity index is 2.70. The molecule has 1 fully saturated rings. The second-order valence-electron chi connectivity index (χ2n) is 8.08. The van der Waals surface area contributed by atoms with E-state index >= 15 is 0 Å². The highest BCUT2D eigenvalue weighted by atomic mass is 16.2. The first-order valence-corrected chi connectivity index (χ1v) is 11.4. The second kappa shape index (κ2) is 13.1. The van der Waals surface area contributed by atoms with E-state index in [2.05, 4.69) is 31.0 Å². The lowest BCUT2D eigenvalue weighted by Gasteiger charge is -2.28. The molecule has 0 aromatic carbocycles. The highest BCUT2D eigenvalue weighted by molar-refractivity contribution is 6.06. The van der Waals surface area contributed by atoms with E-state index in [1.165, 1.54) is 43.4 Å². The molecule has 0 radical (unpaired) electrons. The largest absolute Gasteiger partial charge is 0.326 e. The normalized spacial score (nSPS) is 20.0. The van der Waals surface area contributed by atoms with Crippen LogP contribution in [0.4, 0.5) is 4.79 Å². The summed E-state index contributed by atoms with van der Waals surface area (Å²) in [5.41, 5.74) is -0.677. The van der Waals surface area contributed by atoms with Gasteiger partial charge in [-0.2, -0.15) is 0 Å². The quantitative estimate of drug-likeness (QED) is 0.292. The Kier molecular flexibility index (Phi) is 11.7. The van der Waals surface area contributed by atoms with Crippen molar-refractivity contribution < 1.29 is 9.59 Å². The maximum atomic E-state index is 13.1. The Bertz CT molecular complexity index is 431. The van der Waals surface area contributed by atoms with Gasteiger partial charge in [0.1, 0.15) is 5.54 Å². The van der Waals surface area contributed by atoms with Crippen LogP contribution < -0.4 is 5.32 Å². The molecule has 1 unspecified atom stereocenters. The minimum Gasteiger partial charge on any atom is -0.323 e. The van der Waals surface area contributed by atoms with E-state index in [4.69, 9.17) is 0 Å². The zero-order valence-corrected chi connectivity index (χ0v) is 18.3. The fraction of sp³-hybridized carbons (Fsp3) is 0.909. The molecule has 0 spiro atoms. The Morgan fingerprint density at radius 2 is 1.37 bits per heavy atom. The van der Waals surface area contributed by atoms with E-state index < -0.39 is 5.54 Å². The van der Waals surface area contributed by atoms with Crippen LogP contribution in [0.2, 0.25) is 0 Å². The van der Waals surface area contributed by atoms with Gasteiger partial charge >= 0.3 is 6.03 Å². The summed E-state index contributed by atoms with van der Waals surface area (Å²) >= 11 is 0. The van der Waals surface area contributed by atoms with E-state index in [9.17, 15) is 9.59 Å². The van der Waals surface area contributed by atoms with Crippen molar-refractivity contribution in [2.24, 2.45) is 0 Å². The molecular weight excluding hydrogens is 338 g/mol. The minimum atomic E-state index is -0.677. The number of nitrogens with one attached hydrogen (secondary N) is 1. The number of amides is 3. The lowest BCUT2D eigenvalue weighted by Crippen LogP contribution is -2.47. The molecule has 1 rings (SSSR count). The lowest BCUT2D eigenvalue weighted by molar-refractivity contribution is -0.133. The zero-order valence-electron chi connectivity index (χ0n) is 18.3. The molecule has 1 heterocycles.